The molecular formula is C13H30N2O3Si. The highest BCUT2D eigenvalue weighted by Crippen LogP contribution is 2.36. The molecule has 0 aromatic heterocycles. The standard InChI is InChI=1S/C13H30N2O3Si/c1-10-15(14-11(16)17-12(2,3)4)18-19(8,9)13(5,6)7/h10H2,1-9H3,(H,14,16). The highest BCUT2D eigenvalue weighted by molar-refractivity contribution is 6.74. The Morgan fingerprint density at radius 1 is 1.16 bits per heavy atom. The van der Waals surface area contributed by atoms with E-state index in [-0.39, 0.29) is 5.04 Å². The lowest BCUT2D eigenvalue weighted by molar-refractivity contribution is -0.113. The van der Waals surface area contributed by atoms with E-state index in [1.54, 1.807) is 0 Å². The first-order valence-electron chi connectivity index (χ1n) is 6.75. The van der Waals surface area contributed by atoms with Crippen LogP contribution in [0.5, 0.6) is 0 Å². The molecule has 19 heavy (non-hydrogen) atoms. The number of hydrazine groups is 1. The topological polar surface area (TPSA) is 50.8 Å². The van der Waals surface area contributed by atoms with Gasteiger partial charge in [0.25, 0.3) is 0 Å². The van der Waals surface area contributed by atoms with Gasteiger partial charge in [-0.25, -0.2) is 10.2 Å². The zero-order valence-electron chi connectivity index (χ0n) is 13.9. The third-order valence-electron chi connectivity index (χ3n) is 3.05. The molecule has 0 aliphatic carbocycles. The summed E-state index contributed by atoms with van der Waals surface area (Å²) in [6, 6.07) is 0. The van der Waals surface area contributed by atoms with Gasteiger partial charge in [0.15, 0.2) is 0 Å². The van der Waals surface area contributed by atoms with Gasteiger partial charge in [0, 0.05) is 6.54 Å². The lowest BCUT2D eigenvalue weighted by Gasteiger charge is -2.39. The van der Waals surface area contributed by atoms with E-state index in [0.29, 0.717) is 6.54 Å². The van der Waals surface area contributed by atoms with Gasteiger partial charge in [-0.3, -0.25) is 0 Å². The van der Waals surface area contributed by atoms with Crippen LogP contribution in [0.25, 0.3) is 0 Å². The van der Waals surface area contributed by atoms with Crippen LogP contribution >= 0.6 is 0 Å². The molecule has 0 rings (SSSR count). The predicted molar refractivity (Wildman–Crippen MR) is 80.0 cm³/mol. The van der Waals surface area contributed by atoms with E-state index in [1.807, 2.05) is 27.7 Å². The molecule has 1 N–H and O–H groups in total. The van der Waals surface area contributed by atoms with Crippen molar-refractivity contribution in [3.8, 4) is 0 Å². The third kappa shape index (κ3) is 6.94. The van der Waals surface area contributed by atoms with Gasteiger partial charge in [0.1, 0.15) is 5.60 Å². The van der Waals surface area contributed by atoms with E-state index in [9.17, 15) is 4.79 Å². The molecule has 0 spiro atoms. The summed E-state index contributed by atoms with van der Waals surface area (Å²) in [6.45, 7) is 18.7. The lowest BCUT2D eigenvalue weighted by Crippen LogP contribution is -2.53. The van der Waals surface area contributed by atoms with Crippen molar-refractivity contribution in [3.05, 3.63) is 0 Å². The quantitative estimate of drug-likeness (QED) is 0.634. The fourth-order valence-electron chi connectivity index (χ4n) is 0.982. The summed E-state index contributed by atoms with van der Waals surface area (Å²) >= 11 is 0. The summed E-state index contributed by atoms with van der Waals surface area (Å²) in [5, 5.41) is 1.56. The predicted octanol–water partition coefficient (Wildman–Crippen LogP) is 3.68. The van der Waals surface area contributed by atoms with Crippen molar-refractivity contribution in [1.82, 2.24) is 10.6 Å². The number of hydrogen-bond donors (Lipinski definition) is 1. The average Bonchev–Trinajstić information content (AvgIpc) is 2.11. The molecule has 0 aliphatic rings. The molecular weight excluding hydrogens is 260 g/mol. The molecule has 6 heteroatoms. The summed E-state index contributed by atoms with van der Waals surface area (Å²) in [5.74, 6) is 0. The lowest BCUT2D eigenvalue weighted by atomic mass is 10.2. The van der Waals surface area contributed by atoms with Crippen LogP contribution in [0.3, 0.4) is 0 Å². The zero-order valence-corrected chi connectivity index (χ0v) is 14.9. The SMILES string of the molecule is CCN(NC(=O)OC(C)(C)C)O[Si](C)(C)C(C)(C)C. The summed E-state index contributed by atoms with van der Waals surface area (Å²) in [5.41, 5.74) is 2.12. The zero-order chi connectivity index (χ0) is 15.5. The van der Waals surface area contributed by atoms with Gasteiger partial charge in [0.05, 0.1) is 0 Å². The number of nitrogens with zero attached hydrogens (tertiary/aromatic N) is 1. The number of carbonyl (C=O) groups is 1. The second-order valence-electron chi connectivity index (χ2n) is 7.16. The number of amides is 1. The fraction of sp³-hybridized carbons (Fsp3) is 0.923. The van der Waals surface area contributed by atoms with Crippen LogP contribution in [-0.4, -0.2) is 31.7 Å². The van der Waals surface area contributed by atoms with Crippen LogP contribution in [0.15, 0.2) is 0 Å². The monoisotopic (exact) mass is 290 g/mol. The molecule has 0 aromatic carbocycles. The minimum absolute atomic E-state index is 0.0794. The summed E-state index contributed by atoms with van der Waals surface area (Å²) in [4.78, 5) is 11.7. The Labute approximate surface area is 118 Å². The van der Waals surface area contributed by atoms with Crippen LogP contribution < -0.4 is 5.43 Å². The molecule has 0 saturated heterocycles. The van der Waals surface area contributed by atoms with Crippen molar-refractivity contribution in [2.45, 2.75) is 72.2 Å². The van der Waals surface area contributed by atoms with Crippen molar-refractivity contribution in [2.24, 2.45) is 0 Å². The largest absolute Gasteiger partial charge is 0.443 e. The maximum Gasteiger partial charge on any atom is 0.424 e. The Bertz CT molecular complexity index is 306. The highest BCUT2D eigenvalue weighted by atomic mass is 28.4. The maximum atomic E-state index is 11.7. The fourth-order valence-corrected chi connectivity index (χ4v) is 1.98. The van der Waals surface area contributed by atoms with Crippen molar-refractivity contribution in [2.75, 3.05) is 6.54 Å². The first-order valence-corrected chi connectivity index (χ1v) is 9.65. The summed E-state index contributed by atoms with van der Waals surface area (Å²) in [6.07, 6.45) is -0.493. The second-order valence-corrected chi connectivity index (χ2v) is 11.9. The number of hydrogen-bond acceptors (Lipinski definition) is 4. The van der Waals surface area contributed by atoms with Crippen LogP contribution in [0, 0.1) is 0 Å². The molecule has 0 radical (unpaired) electrons. The minimum atomic E-state index is -1.96. The van der Waals surface area contributed by atoms with E-state index >= 15 is 0 Å². The second kappa shape index (κ2) is 6.24. The first kappa shape index (κ1) is 18.4. The van der Waals surface area contributed by atoms with Crippen molar-refractivity contribution < 1.29 is 14.1 Å². The van der Waals surface area contributed by atoms with Gasteiger partial charge in [-0.2, -0.15) is 0 Å². The van der Waals surface area contributed by atoms with Crippen LogP contribution in [-0.2, 0) is 9.26 Å². The van der Waals surface area contributed by atoms with Gasteiger partial charge >= 0.3 is 6.09 Å². The van der Waals surface area contributed by atoms with Crippen molar-refractivity contribution in [1.29, 1.82) is 0 Å². The van der Waals surface area contributed by atoms with Gasteiger partial charge in [-0.05, 0) is 45.8 Å². The Kier molecular flexibility index (Phi) is 6.04. The molecule has 0 fully saturated rings. The van der Waals surface area contributed by atoms with Crippen molar-refractivity contribution >= 4 is 14.4 Å². The maximum absolute atomic E-state index is 11.7. The molecule has 0 atom stereocenters. The normalized spacial score (nSPS) is 13.6. The molecule has 0 bridgehead atoms. The van der Waals surface area contributed by atoms with Crippen LogP contribution in [0.1, 0.15) is 48.5 Å². The van der Waals surface area contributed by atoms with E-state index in [4.69, 9.17) is 9.26 Å². The summed E-state index contributed by atoms with van der Waals surface area (Å²) < 4.78 is 11.2. The van der Waals surface area contributed by atoms with Gasteiger partial charge in [0.2, 0.25) is 8.32 Å². The van der Waals surface area contributed by atoms with Gasteiger partial charge < -0.3 is 9.26 Å². The molecule has 0 aliphatic heterocycles. The molecule has 1 amide bonds. The minimum Gasteiger partial charge on any atom is -0.443 e. The average molecular weight is 290 g/mol. The Balaban J connectivity index is 4.58. The Hall–Kier alpha value is -0.593. The van der Waals surface area contributed by atoms with E-state index in [1.165, 1.54) is 5.17 Å². The van der Waals surface area contributed by atoms with E-state index < -0.39 is 20.0 Å². The van der Waals surface area contributed by atoms with E-state index in [0.717, 1.165) is 0 Å². The molecule has 0 unspecified atom stereocenters. The Morgan fingerprint density at radius 2 is 1.63 bits per heavy atom. The molecule has 114 valence electrons. The molecule has 0 aromatic rings. The highest BCUT2D eigenvalue weighted by Gasteiger charge is 2.40. The number of ether oxygens (including phenoxy) is 1. The first-order chi connectivity index (χ1) is 8.28. The molecule has 0 saturated carbocycles. The number of rotatable bonds is 4. The summed E-state index contributed by atoms with van der Waals surface area (Å²) in [7, 11) is -1.96. The third-order valence-corrected chi connectivity index (χ3v) is 7.34. The number of hydroxylamine groups is 1. The van der Waals surface area contributed by atoms with Gasteiger partial charge in [-0.1, -0.05) is 20.8 Å². The van der Waals surface area contributed by atoms with Crippen LogP contribution in [0.2, 0.25) is 18.1 Å². The molecule has 0 heterocycles. The Morgan fingerprint density at radius 3 is 1.95 bits per heavy atom. The smallest absolute Gasteiger partial charge is 0.424 e. The van der Waals surface area contributed by atoms with Gasteiger partial charge in [-0.15, -0.1) is 5.17 Å². The number of carbonyl (C=O) groups excluding carboxylic acids is 1. The van der Waals surface area contributed by atoms with E-state index in [2.05, 4.69) is 39.3 Å². The van der Waals surface area contributed by atoms with Crippen LogP contribution in [0.4, 0.5) is 4.79 Å². The number of nitrogens with one attached hydrogen (secondary N) is 1. The van der Waals surface area contributed by atoms with Crippen molar-refractivity contribution in [3.63, 3.8) is 0 Å². The molecule has 5 nitrogen and oxygen atoms in total.